The van der Waals surface area contributed by atoms with Gasteiger partial charge in [-0.15, -0.1) is 0 Å². The van der Waals surface area contributed by atoms with Crippen LogP contribution in [0.5, 0.6) is 0 Å². The molecule has 0 aromatic carbocycles. The first-order chi connectivity index (χ1) is 9.24. The van der Waals surface area contributed by atoms with Crippen LogP contribution in [0.25, 0.3) is 0 Å². The van der Waals surface area contributed by atoms with E-state index in [-0.39, 0.29) is 17.7 Å². The summed E-state index contributed by atoms with van der Waals surface area (Å²) in [6, 6.07) is 0. The van der Waals surface area contributed by atoms with Crippen LogP contribution in [0.3, 0.4) is 0 Å². The van der Waals surface area contributed by atoms with E-state index in [2.05, 4.69) is 17.5 Å². The van der Waals surface area contributed by atoms with Crippen molar-refractivity contribution in [3.63, 3.8) is 0 Å². The third kappa shape index (κ3) is 2.67. The number of hydrogen-bond donors (Lipinski definition) is 1. The van der Waals surface area contributed by atoms with E-state index in [1.165, 1.54) is 6.42 Å². The second kappa shape index (κ2) is 5.35. The summed E-state index contributed by atoms with van der Waals surface area (Å²) in [5.41, 5.74) is 0. The highest BCUT2D eigenvalue weighted by atomic mass is 16.2. The first kappa shape index (κ1) is 12.7. The molecule has 1 heterocycles. The van der Waals surface area contributed by atoms with E-state index in [4.69, 9.17) is 0 Å². The second-order valence-electron chi connectivity index (χ2n) is 6.02. The summed E-state index contributed by atoms with van der Waals surface area (Å²) in [6.07, 6.45) is 9.22. The fourth-order valence-electron chi connectivity index (χ4n) is 3.64. The smallest absolute Gasteiger partial charge is 0.223 e. The normalized spacial score (nSPS) is 32.3. The van der Waals surface area contributed by atoms with Crippen LogP contribution in [-0.2, 0) is 9.59 Å². The van der Waals surface area contributed by atoms with Crippen LogP contribution < -0.4 is 5.32 Å². The van der Waals surface area contributed by atoms with Crippen molar-refractivity contribution in [3.05, 3.63) is 12.2 Å². The highest BCUT2D eigenvalue weighted by molar-refractivity contribution is 5.80. The van der Waals surface area contributed by atoms with Crippen LogP contribution in [0, 0.1) is 17.8 Å². The van der Waals surface area contributed by atoms with E-state index < -0.39 is 0 Å². The first-order valence-corrected chi connectivity index (χ1v) is 7.48. The maximum absolute atomic E-state index is 12.1. The summed E-state index contributed by atoms with van der Waals surface area (Å²) in [5, 5.41) is 3.04. The number of fused-ring (bicyclic) bond motifs is 2. The van der Waals surface area contributed by atoms with Crippen molar-refractivity contribution in [1.82, 2.24) is 10.2 Å². The molecule has 104 valence electrons. The lowest BCUT2D eigenvalue weighted by molar-refractivity contribution is -0.127. The van der Waals surface area contributed by atoms with E-state index in [1.807, 2.05) is 4.90 Å². The third-order valence-corrected chi connectivity index (χ3v) is 4.69. The third-order valence-electron chi connectivity index (χ3n) is 4.69. The number of amides is 2. The topological polar surface area (TPSA) is 49.4 Å². The Labute approximate surface area is 114 Å². The summed E-state index contributed by atoms with van der Waals surface area (Å²) < 4.78 is 0. The first-order valence-electron chi connectivity index (χ1n) is 7.48. The molecule has 1 saturated heterocycles. The summed E-state index contributed by atoms with van der Waals surface area (Å²) >= 11 is 0. The Bertz CT molecular complexity index is 405. The van der Waals surface area contributed by atoms with Crippen LogP contribution in [0.1, 0.15) is 32.1 Å². The van der Waals surface area contributed by atoms with Crippen molar-refractivity contribution >= 4 is 11.8 Å². The monoisotopic (exact) mass is 262 g/mol. The van der Waals surface area contributed by atoms with Crippen LogP contribution in [0.2, 0.25) is 0 Å². The van der Waals surface area contributed by atoms with Gasteiger partial charge in [0.2, 0.25) is 11.8 Å². The molecule has 3 aliphatic rings. The zero-order valence-corrected chi connectivity index (χ0v) is 11.3. The highest BCUT2D eigenvalue weighted by Gasteiger charge is 2.39. The van der Waals surface area contributed by atoms with E-state index >= 15 is 0 Å². The fourth-order valence-corrected chi connectivity index (χ4v) is 3.64. The maximum Gasteiger partial charge on any atom is 0.223 e. The van der Waals surface area contributed by atoms with Gasteiger partial charge >= 0.3 is 0 Å². The SMILES string of the molecule is O=C(NCCCN1CCCC1=O)C1CC2C=CC1C2. The van der Waals surface area contributed by atoms with E-state index in [9.17, 15) is 9.59 Å². The molecule has 2 amide bonds. The van der Waals surface area contributed by atoms with Gasteiger partial charge in [0.05, 0.1) is 0 Å². The van der Waals surface area contributed by atoms with E-state index in [1.54, 1.807) is 0 Å². The summed E-state index contributed by atoms with van der Waals surface area (Å²) in [5.74, 6) is 1.80. The molecule has 2 bridgehead atoms. The summed E-state index contributed by atoms with van der Waals surface area (Å²) in [7, 11) is 0. The lowest BCUT2D eigenvalue weighted by Gasteiger charge is -2.19. The molecule has 2 fully saturated rings. The number of hydrogen-bond acceptors (Lipinski definition) is 2. The average Bonchev–Trinajstić information content (AvgIpc) is 3.11. The van der Waals surface area contributed by atoms with Crippen molar-refractivity contribution in [2.24, 2.45) is 17.8 Å². The number of carbonyl (C=O) groups excluding carboxylic acids is 2. The second-order valence-corrected chi connectivity index (χ2v) is 6.02. The van der Waals surface area contributed by atoms with Crippen molar-refractivity contribution in [1.29, 1.82) is 0 Å². The van der Waals surface area contributed by atoms with Gasteiger partial charge in [-0.3, -0.25) is 9.59 Å². The minimum Gasteiger partial charge on any atom is -0.356 e. The van der Waals surface area contributed by atoms with Gasteiger partial charge in [0.15, 0.2) is 0 Å². The molecular formula is C15H22N2O2. The minimum absolute atomic E-state index is 0.198. The highest BCUT2D eigenvalue weighted by Crippen LogP contribution is 2.43. The van der Waals surface area contributed by atoms with Gasteiger partial charge in [0.1, 0.15) is 0 Å². The Hall–Kier alpha value is -1.32. The molecule has 4 heteroatoms. The van der Waals surface area contributed by atoms with Crippen LogP contribution in [0.4, 0.5) is 0 Å². The molecule has 1 saturated carbocycles. The number of carbonyl (C=O) groups is 2. The Morgan fingerprint density at radius 2 is 2.26 bits per heavy atom. The Kier molecular flexibility index (Phi) is 3.58. The number of likely N-dealkylation sites (tertiary alicyclic amines) is 1. The van der Waals surface area contributed by atoms with Gasteiger partial charge in [-0.25, -0.2) is 0 Å². The quantitative estimate of drug-likeness (QED) is 0.600. The lowest BCUT2D eigenvalue weighted by atomic mass is 9.93. The van der Waals surface area contributed by atoms with Crippen LogP contribution in [0.15, 0.2) is 12.2 Å². The lowest BCUT2D eigenvalue weighted by Crippen LogP contribution is -2.35. The molecule has 0 aromatic rings. The molecule has 1 aliphatic heterocycles. The number of nitrogens with zero attached hydrogens (tertiary/aromatic N) is 1. The molecule has 3 rings (SSSR count). The molecule has 4 nitrogen and oxygen atoms in total. The summed E-state index contributed by atoms with van der Waals surface area (Å²) in [6.45, 7) is 2.37. The maximum atomic E-state index is 12.1. The zero-order chi connectivity index (χ0) is 13.2. The van der Waals surface area contributed by atoms with Gasteiger partial charge in [0.25, 0.3) is 0 Å². The molecule has 2 aliphatic carbocycles. The largest absolute Gasteiger partial charge is 0.356 e. The van der Waals surface area contributed by atoms with Gasteiger partial charge in [-0.05, 0) is 37.5 Å². The van der Waals surface area contributed by atoms with Gasteiger partial charge < -0.3 is 10.2 Å². The van der Waals surface area contributed by atoms with Gasteiger partial charge in [-0.1, -0.05) is 12.2 Å². The predicted octanol–water partition coefficient (Wildman–Crippen LogP) is 1.33. The standard InChI is InChI=1S/C15H22N2O2/c18-14-3-1-7-17(14)8-2-6-16-15(19)13-10-11-4-5-12(13)9-11/h4-5,11-13H,1-3,6-10H2,(H,16,19). The van der Waals surface area contributed by atoms with Crippen molar-refractivity contribution in [2.75, 3.05) is 19.6 Å². The molecule has 3 unspecified atom stereocenters. The van der Waals surface area contributed by atoms with Crippen molar-refractivity contribution < 1.29 is 9.59 Å². The Balaban J connectivity index is 1.35. The predicted molar refractivity (Wildman–Crippen MR) is 72.3 cm³/mol. The molecule has 3 atom stereocenters. The Morgan fingerprint density at radius 1 is 1.37 bits per heavy atom. The van der Waals surface area contributed by atoms with E-state index in [0.29, 0.717) is 24.8 Å². The molecule has 0 radical (unpaired) electrons. The molecule has 0 spiro atoms. The zero-order valence-electron chi connectivity index (χ0n) is 11.3. The fraction of sp³-hybridized carbons (Fsp3) is 0.733. The Morgan fingerprint density at radius 3 is 2.89 bits per heavy atom. The number of rotatable bonds is 5. The van der Waals surface area contributed by atoms with Crippen LogP contribution in [-0.4, -0.2) is 36.3 Å². The molecule has 19 heavy (non-hydrogen) atoms. The average molecular weight is 262 g/mol. The number of allylic oxidation sites excluding steroid dienone is 2. The molecular weight excluding hydrogens is 240 g/mol. The number of nitrogens with one attached hydrogen (secondary N) is 1. The summed E-state index contributed by atoms with van der Waals surface area (Å²) in [4.78, 5) is 25.4. The van der Waals surface area contributed by atoms with Crippen LogP contribution >= 0.6 is 0 Å². The van der Waals surface area contributed by atoms with Gasteiger partial charge in [-0.2, -0.15) is 0 Å². The minimum atomic E-state index is 0.198. The van der Waals surface area contributed by atoms with Crippen molar-refractivity contribution in [2.45, 2.75) is 32.1 Å². The van der Waals surface area contributed by atoms with Crippen molar-refractivity contribution in [3.8, 4) is 0 Å². The molecule has 1 N–H and O–H groups in total. The molecule has 0 aromatic heterocycles. The van der Waals surface area contributed by atoms with E-state index in [0.717, 1.165) is 32.4 Å². The van der Waals surface area contributed by atoms with Gasteiger partial charge in [0, 0.05) is 32.0 Å².